The summed E-state index contributed by atoms with van der Waals surface area (Å²) in [5.41, 5.74) is 5.44. The van der Waals surface area contributed by atoms with Crippen molar-refractivity contribution >= 4 is 28.2 Å². The van der Waals surface area contributed by atoms with Gasteiger partial charge in [-0.25, -0.2) is 4.98 Å². The first-order valence-corrected chi connectivity index (χ1v) is 8.09. The van der Waals surface area contributed by atoms with E-state index in [0.717, 1.165) is 24.5 Å². The number of aromatic nitrogens is 1. The Balaban J connectivity index is 2.88. The predicted octanol–water partition coefficient (Wildman–Crippen LogP) is 1.85. The molecule has 7 heteroatoms. The monoisotopic (exact) mass is 314 g/mol. The van der Waals surface area contributed by atoms with Gasteiger partial charge in [0.05, 0.1) is 0 Å². The van der Waals surface area contributed by atoms with Gasteiger partial charge < -0.3 is 21.1 Å². The lowest BCUT2D eigenvalue weighted by Gasteiger charge is -2.28. The van der Waals surface area contributed by atoms with E-state index >= 15 is 0 Å². The number of hydrogen-bond donors (Lipinski definition) is 3. The summed E-state index contributed by atoms with van der Waals surface area (Å²) >= 11 is 1.30. The van der Waals surface area contributed by atoms with Crippen LogP contribution in [0.25, 0.3) is 0 Å². The van der Waals surface area contributed by atoms with Crippen molar-refractivity contribution in [3.8, 4) is 0 Å². The molecular weight excluding hydrogens is 288 g/mol. The third-order valence-corrected chi connectivity index (χ3v) is 4.78. The van der Waals surface area contributed by atoms with Crippen LogP contribution in [-0.4, -0.2) is 41.7 Å². The Morgan fingerprint density at radius 1 is 1.52 bits per heavy atom. The Hall–Kier alpha value is -1.34. The average molecular weight is 314 g/mol. The smallest absolute Gasteiger partial charge is 0.265 e. The lowest BCUT2D eigenvalue weighted by atomic mass is 9.95. The molecule has 0 spiro atoms. The van der Waals surface area contributed by atoms with E-state index in [4.69, 9.17) is 10.8 Å². The minimum absolute atomic E-state index is 0.0350. The number of nitrogens with one attached hydrogen (secondary N) is 1. The molecule has 0 aliphatic rings. The number of anilines is 2. The van der Waals surface area contributed by atoms with Crippen molar-refractivity contribution in [2.24, 2.45) is 0 Å². The van der Waals surface area contributed by atoms with E-state index in [9.17, 15) is 4.79 Å². The number of nitrogens with zero attached hydrogens (tertiary/aromatic N) is 2. The van der Waals surface area contributed by atoms with Crippen LogP contribution in [0.1, 0.15) is 49.7 Å². The summed E-state index contributed by atoms with van der Waals surface area (Å²) in [5.74, 6) is 0.0388. The third-order valence-electron chi connectivity index (χ3n) is 3.59. The van der Waals surface area contributed by atoms with Crippen LogP contribution in [0.3, 0.4) is 0 Å². The molecule has 0 aromatic carbocycles. The molecule has 0 saturated heterocycles. The quantitative estimate of drug-likeness (QED) is 0.681. The van der Waals surface area contributed by atoms with Crippen LogP contribution in [0.5, 0.6) is 0 Å². The van der Waals surface area contributed by atoms with Crippen molar-refractivity contribution in [3.63, 3.8) is 0 Å². The number of carbonyl (C=O) groups excluding carboxylic acids is 1. The van der Waals surface area contributed by atoms with Crippen molar-refractivity contribution < 1.29 is 9.90 Å². The standard InChI is InChI=1S/C14H26N4O2S/c1-5-8-18(4)13-16-11(15)10(21-13)12(20)17-14(3,6-2)7-9-19/h19H,5-9,15H2,1-4H3,(H,17,20). The Labute approximate surface area is 130 Å². The lowest BCUT2D eigenvalue weighted by molar-refractivity contribution is 0.0891. The van der Waals surface area contributed by atoms with Gasteiger partial charge in [-0.3, -0.25) is 4.79 Å². The minimum atomic E-state index is -0.433. The maximum atomic E-state index is 12.4. The first-order chi connectivity index (χ1) is 9.86. The fourth-order valence-electron chi connectivity index (χ4n) is 1.98. The van der Waals surface area contributed by atoms with Gasteiger partial charge in [0.1, 0.15) is 10.7 Å². The van der Waals surface area contributed by atoms with Gasteiger partial charge in [0, 0.05) is 25.7 Å². The highest BCUT2D eigenvalue weighted by Crippen LogP contribution is 2.28. The molecule has 0 saturated carbocycles. The summed E-state index contributed by atoms with van der Waals surface area (Å²) in [6.45, 7) is 6.88. The average Bonchev–Trinajstić information content (AvgIpc) is 2.81. The number of amides is 1. The Kier molecular flexibility index (Phi) is 6.42. The van der Waals surface area contributed by atoms with Gasteiger partial charge in [0.2, 0.25) is 0 Å². The fraction of sp³-hybridized carbons (Fsp3) is 0.714. The summed E-state index contributed by atoms with van der Waals surface area (Å²) in [7, 11) is 1.94. The highest BCUT2D eigenvalue weighted by atomic mass is 32.1. The molecule has 1 aromatic heterocycles. The van der Waals surface area contributed by atoms with E-state index in [-0.39, 0.29) is 18.3 Å². The van der Waals surface area contributed by atoms with Gasteiger partial charge in [0.15, 0.2) is 5.13 Å². The second kappa shape index (κ2) is 7.61. The van der Waals surface area contributed by atoms with Gasteiger partial charge in [-0.1, -0.05) is 25.2 Å². The number of thiazole rings is 1. The molecule has 1 amide bonds. The van der Waals surface area contributed by atoms with Crippen molar-refractivity contribution in [3.05, 3.63) is 4.88 Å². The van der Waals surface area contributed by atoms with Gasteiger partial charge in [-0.05, 0) is 26.2 Å². The molecular formula is C14H26N4O2S. The summed E-state index contributed by atoms with van der Waals surface area (Å²) in [5, 5.41) is 12.8. The SMILES string of the molecule is CCCN(C)c1nc(N)c(C(=O)NC(C)(CC)CCO)s1. The molecule has 0 fully saturated rings. The molecule has 120 valence electrons. The second-order valence-electron chi connectivity index (χ2n) is 5.47. The van der Waals surface area contributed by atoms with Gasteiger partial charge in [-0.15, -0.1) is 0 Å². The van der Waals surface area contributed by atoms with E-state index < -0.39 is 5.54 Å². The van der Waals surface area contributed by atoms with E-state index in [1.54, 1.807) is 0 Å². The summed E-state index contributed by atoms with van der Waals surface area (Å²) in [6, 6.07) is 0. The van der Waals surface area contributed by atoms with Crippen LogP contribution >= 0.6 is 11.3 Å². The van der Waals surface area contributed by atoms with E-state index in [2.05, 4.69) is 17.2 Å². The van der Waals surface area contributed by atoms with Crippen LogP contribution in [0.2, 0.25) is 0 Å². The molecule has 0 bridgehead atoms. The number of nitrogens with two attached hydrogens (primary N) is 1. The predicted molar refractivity (Wildman–Crippen MR) is 88.0 cm³/mol. The molecule has 1 aromatic rings. The van der Waals surface area contributed by atoms with Crippen molar-refractivity contribution in [2.45, 2.75) is 45.6 Å². The highest BCUT2D eigenvalue weighted by molar-refractivity contribution is 7.18. The number of nitrogen functional groups attached to an aromatic ring is 1. The molecule has 0 aliphatic heterocycles. The number of rotatable bonds is 8. The molecule has 21 heavy (non-hydrogen) atoms. The Morgan fingerprint density at radius 2 is 2.19 bits per heavy atom. The number of aliphatic hydroxyl groups is 1. The van der Waals surface area contributed by atoms with E-state index in [1.807, 2.05) is 25.8 Å². The highest BCUT2D eigenvalue weighted by Gasteiger charge is 2.27. The zero-order valence-corrected chi connectivity index (χ0v) is 14.1. The van der Waals surface area contributed by atoms with Gasteiger partial charge in [-0.2, -0.15) is 0 Å². The first kappa shape index (κ1) is 17.7. The number of carbonyl (C=O) groups is 1. The molecule has 1 heterocycles. The maximum Gasteiger partial charge on any atom is 0.265 e. The maximum absolute atomic E-state index is 12.4. The lowest BCUT2D eigenvalue weighted by Crippen LogP contribution is -2.46. The number of hydrogen-bond acceptors (Lipinski definition) is 6. The van der Waals surface area contributed by atoms with Crippen LogP contribution in [0.15, 0.2) is 0 Å². The normalized spacial score (nSPS) is 13.8. The largest absolute Gasteiger partial charge is 0.396 e. The molecule has 1 unspecified atom stereocenters. The van der Waals surface area contributed by atoms with E-state index in [0.29, 0.717) is 11.3 Å². The summed E-state index contributed by atoms with van der Waals surface area (Å²) in [4.78, 5) is 19.1. The first-order valence-electron chi connectivity index (χ1n) is 7.27. The number of aliphatic hydroxyl groups excluding tert-OH is 1. The van der Waals surface area contributed by atoms with Crippen molar-refractivity contribution in [1.82, 2.24) is 10.3 Å². The molecule has 6 nitrogen and oxygen atoms in total. The van der Waals surface area contributed by atoms with Crippen LogP contribution in [0, 0.1) is 0 Å². The fourth-order valence-corrected chi connectivity index (χ4v) is 2.85. The second-order valence-corrected chi connectivity index (χ2v) is 6.45. The van der Waals surface area contributed by atoms with Crippen LogP contribution in [-0.2, 0) is 0 Å². The minimum Gasteiger partial charge on any atom is -0.396 e. The van der Waals surface area contributed by atoms with Gasteiger partial charge in [0.25, 0.3) is 5.91 Å². The van der Waals surface area contributed by atoms with Crippen LogP contribution in [0.4, 0.5) is 10.9 Å². The summed E-state index contributed by atoms with van der Waals surface area (Å²) < 4.78 is 0. The van der Waals surface area contributed by atoms with Gasteiger partial charge >= 0.3 is 0 Å². The topological polar surface area (TPSA) is 91.5 Å². The zero-order valence-electron chi connectivity index (χ0n) is 13.3. The molecule has 0 aliphatic carbocycles. The Bertz CT molecular complexity index is 478. The van der Waals surface area contributed by atoms with Crippen molar-refractivity contribution in [1.29, 1.82) is 0 Å². The molecule has 0 radical (unpaired) electrons. The van der Waals surface area contributed by atoms with Crippen molar-refractivity contribution in [2.75, 3.05) is 30.8 Å². The molecule has 1 rings (SSSR count). The molecule has 4 N–H and O–H groups in total. The molecule has 1 atom stereocenters. The zero-order chi connectivity index (χ0) is 16.0. The summed E-state index contributed by atoms with van der Waals surface area (Å²) in [6.07, 6.45) is 2.25. The third kappa shape index (κ3) is 4.57. The van der Waals surface area contributed by atoms with E-state index in [1.165, 1.54) is 11.3 Å². The Morgan fingerprint density at radius 3 is 2.71 bits per heavy atom. The van der Waals surface area contributed by atoms with Crippen LogP contribution < -0.4 is 16.0 Å².